The molecular formula is C26H34ClN3O4S2. The number of fused-ring (bicyclic) bond motifs is 1. The maximum atomic E-state index is 13.3. The third kappa shape index (κ3) is 6.44. The van der Waals surface area contributed by atoms with E-state index in [2.05, 4.69) is 4.99 Å². The van der Waals surface area contributed by atoms with E-state index in [1.54, 1.807) is 7.11 Å². The van der Waals surface area contributed by atoms with Crippen LogP contribution in [0.4, 0.5) is 0 Å². The van der Waals surface area contributed by atoms with Gasteiger partial charge >= 0.3 is 0 Å². The number of amides is 1. The SMILES string of the molecule is COCCn1c(=NC(=O)c2ccc(S(=O)(=O)N(CC(C)C)CC(C)C)cc2)sc2ccc(Cl)c(C)c21. The quantitative estimate of drug-likeness (QED) is 0.340. The number of hydrogen-bond donors (Lipinski definition) is 0. The second kappa shape index (κ2) is 12.0. The number of ether oxygens (including phenoxy) is 1. The fourth-order valence-electron chi connectivity index (χ4n) is 3.95. The molecule has 0 N–H and O–H groups in total. The molecule has 3 rings (SSSR count). The molecule has 196 valence electrons. The van der Waals surface area contributed by atoms with Gasteiger partial charge in [-0.2, -0.15) is 9.30 Å². The third-order valence-electron chi connectivity index (χ3n) is 5.62. The summed E-state index contributed by atoms with van der Waals surface area (Å²) in [5.74, 6) is -0.0488. The molecule has 0 aliphatic heterocycles. The van der Waals surface area contributed by atoms with Crippen LogP contribution >= 0.6 is 22.9 Å². The van der Waals surface area contributed by atoms with Crippen LogP contribution in [0.2, 0.25) is 5.02 Å². The molecule has 0 saturated heterocycles. The fraction of sp³-hybridized carbons (Fsp3) is 0.462. The van der Waals surface area contributed by atoms with Gasteiger partial charge in [-0.25, -0.2) is 8.42 Å². The van der Waals surface area contributed by atoms with Gasteiger partial charge in [0.25, 0.3) is 5.91 Å². The largest absolute Gasteiger partial charge is 0.383 e. The summed E-state index contributed by atoms with van der Waals surface area (Å²) in [7, 11) is -2.05. The zero-order chi connectivity index (χ0) is 26.6. The van der Waals surface area contributed by atoms with Crippen LogP contribution in [0.1, 0.15) is 43.6 Å². The van der Waals surface area contributed by atoms with Crippen molar-refractivity contribution in [2.24, 2.45) is 16.8 Å². The number of sulfonamides is 1. The topological polar surface area (TPSA) is 81.0 Å². The average molecular weight is 552 g/mol. The lowest BCUT2D eigenvalue weighted by atomic mass is 10.2. The third-order valence-corrected chi connectivity index (χ3v) is 8.92. The van der Waals surface area contributed by atoms with Crippen molar-refractivity contribution in [2.45, 2.75) is 46.1 Å². The number of aryl methyl sites for hydroxylation is 1. The highest BCUT2D eigenvalue weighted by molar-refractivity contribution is 7.89. The Labute approximate surface area is 222 Å². The number of methoxy groups -OCH3 is 1. The smallest absolute Gasteiger partial charge is 0.279 e. The Bertz CT molecular complexity index is 1380. The molecule has 0 bridgehead atoms. The summed E-state index contributed by atoms with van der Waals surface area (Å²) < 4.78 is 36.2. The number of carbonyl (C=O) groups excluding carboxylic acids is 1. The molecule has 0 atom stereocenters. The van der Waals surface area contributed by atoms with Crippen LogP contribution in [0.15, 0.2) is 46.3 Å². The number of aromatic nitrogens is 1. The van der Waals surface area contributed by atoms with Gasteiger partial charge in [0.05, 0.1) is 21.7 Å². The molecule has 3 aromatic rings. The zero-order valence-electron chi connectivity index (χ0n) is 21.6. The lowest BCUT2D eigenvalue weighted by Crippen LogP contribution is -2.37. The summed E-state index contributed by atoms with van der Waals surface area (Å²) >= 11 is 7.75. The first-order valence-corrected chi connectivity index (χ1v) is 14.6. The summed E-state index contributed by atoms with van der Waals surface area (Å²) in [4.78, 5) is 18.1. The van der Waals surface area contributed by atoms with Gasteiger partial charge in [0.2, 0.25) is 10.0 Å². The predicted molar refractivity (Wildman–Crippen MR) is 146 cm³/mol. The van der Waals surface area contributed by atoms with Crippen molar-refractivity contribution in [2.75, 3.05) is 26.8 Å². The van der Waals surface area contributed by atoms with Gasteiger partial charge in [0, 0.05) is 37.3 Å². The molecule has 36 heavy (non-hydrogen) atoms. The van der Waals surface area contributed by atoms with Crippen LogP contribution in [0.5, 0.6) is 0 Å². The van der Waals surface area contributed by atoms with Crippen molar-refractivity contribution in [3.8, 4) is 0 Å². The van der Waals surface area contributed by atoms with Crippen LogP contribution in [-0.4, -0.2) is 50.0 Å². The molecule has 1 aromatic heterocycles. The number of thiazole rings is 1. The maximum absolute atomic E-state index is 13.3. The average Bonchev–Trinajstić information content (AvgIpc) is 3.16. The van der Waals surface area contributed by atoms with Crippen LogP contribution in [-0.2, 0) is 21.3 Å². The first-order valence-electron chi connectivity index (χ1n) is 11.9. The molecule has 0 fully saturated rings. The summed E-state index contributed by atoms with van der Waals surface area (Å²) in [6.07, 6.45) is 0. The van der Waals surface area contributed by atoms with E-state index in [4.69, 9.17) is 16.3 Å². The van der Waals surface area contributed by atoms with Crippen molar-refractivity contribution in [1.29, 1.82) is 0 Å². The van der Waals surface area contributed by atoms with Crippen LogP contribution < -0.4 is 4.80 Å². The highest BCUT2D eigenvalue weighted by Gasteiger charge is 2.26. The van der Waals surface area contributed by atoms with Gasteiger partial charge in [-0.3, -0.25) is 4.79 Å². The molecule has 7 nitrogen and oxygen atoms in total. The molecule has 1 amide bonds. The second-order valence-electron chi connectivity index (χ2n) is 9.60. The minimum absolute atomic E-state index is 0.169. The number of carbonyl (C=O) groups is 1. The summed E-state index contributed by atoms with van der Waals surface area (Å²) in [6.45, 7) is 11.8. The fourth-order valence-corrected chi connectivity index (χ4v) is 6.98. The lowest BCUT2D eigenvalue weighted by Gasteiger charge is -2.25. The van der Waals surface area contributed by atoms with Crippen molar-refractivity contribution >= 4 is 49.1 Å². The molecule has 0 radical (unpaired) electrons. The highest BCUT2D eigenvalue weighted by Crippen LogP contribution is 2.27. The van der Waals surface area contributed by atoms with E-state index in [0.29, 0.717) is 41.6 Å². The molecule has 1 heterocycles. The van der Waals surface area contributed by atoms with Crippen LogP contribution in [0, 0.1) is 18.8 Å². The number of hydrogen-bond acceptors (Lipinski definition) is 5. The Morgan fingerprint density at radius 2 is 1.69 bits per heavy atom. The first kappa shape index (κ1) is 28.5. The standard InChI is InChI=1S/C26H34ClN3O4S2/c1-17(2)15-29(16-18(3)4)36(32,33)21-9-7-20(8-10-21)25(31)28-26-30(13-14-34-6)24-19(5)22(27)11-12-23(24)35-26/h7-12,17-18H,13-16H2,1-6H3. The van der Waals surface area contributed by atoms with Crippen LogP contribution in [0.25, 0.3) is 10.2 Å². The van der Waals surface area contributed by atoms with Gasteiger partial charge in [0.1, 0.15) is 0 Å². The number of rotatable bonds is 10. The molecule has 2 aromatic carbocycles. The van der Waals surface area contributed by atoms with E-state index in [1.807, 2.05) is 51.3 Å². The normalized spacial score (nSPS) is 13.0. The Kier molecular flexibility index (Phi) is 9.51. The van der Waals surface area contributed by atoms with Crippen molar-refractivity contribution in [3.05, 3.63) is 57.3 Å². The monoisotopic (exact) mass is 551 g/mol. The van der Waals surface area contributed by atoms with E-state index in [-0.39, 0.29) is 16.7 Å². The lowest BCUT2D eigenvalue weighted by molar-refractivity contribution is 0.0997. The molecule has 0 aliphatic carbocycles. The number of nitrogens with zero attached hydrogens (tertiary/aromatic N) is 3. The van der Waals surface area contributed by atoms with E-state index < -0.39 is 15.9 Å². The molecule has 0 aliphatic rings. The van der Waals surface area contributed by atoms with Crippen LogP contribution in [0.3, 0.4) is 0 Å². The Morgan fingerprint density at radius 3 is 2.25 bits per heavy atom. The van der Waals surface area contributed by atoms with Gasteiger partial charge in [-0.05, 0) is 60.7 Å². The maximum Gasteiger partial charge on any atom is 0.279 e. The zero-order valence-corrected chi connectivity index (χ0v) is 24.0. The predicted octanol–water partition coefficient (Wildman–Crippen LogP) is 5.35. The van der Waals surface area contributed by atoms with Gasteiger partial charge in [-0.1, -0.05) is 50.6 Å². The Hall–Kier alpha value is -2.04. The highest BCUT2D eigenvalue weighted by atomic mass is 35.5. The molecule has 10 heteroatoms. The van der Waals surface area contributed by atoms with Crippen molar-refractivity contribution in [1.82, 2.24) is 8.87 Å². The minimum Gasteiger partial charge on any atom is -0.383 e. The summed E-state index contributed by atoms with van der Waals surface area (Å²) in [5.41, 5.74) is 2.16. The minimum atomic E-state index is -3.67. The van der Waals surface area contributed by atoms with Crippen molar-refractivity contribution in [3.63, 3.8) is 0 Å². The summed E-state index contributed by atoms with van der Waals surface area (Å²) in [6, 6.07) is 9.77. The number of halogens is 1. The van der Waals surface area contributed by atoms with E-state index in [9.17, 15) is 13.2 Å². The Balaban J connectivity index is 1.97. The second-order valence-corrected chi connectivity index (χ2v) is 13.0. The Morgan fingerprint density at radius 1 is 1.08 bits per heavy atom. The van der Waals surface area contributed by atoms with Crippen molar-refractivity contribution < 1.29 is 17.9 Å². The van der Waals surface area contributed by atoms with Gasteiger partial charge in [0.15, 0.2) is 4.80 Å². The van der Waals surface area contributed by atoms with E-state index >= 15 is 0 Å². The molecular weight excluding hydrogens is 518 g/mol. The van der Waals surface area contributed by atoms with Gasteiger partial charge in [-0.15, -0.1) is 0 Å². The van der Waals surface area contributed by atoms with E-state index in [1.165, 1.54) is 39.9 Å². The molecule has 0 unspecified atom stereocenters. The van der Waals surface area contributed by atoms with Gasteiger partial charge < -0.3 is 9.30 Å². The van der Waals surface area contributed by atoms with E-state index in [0.717, 1.165) is 15.8 Å². The summed E-state index contributed by atoms with van der Waals surface area (Å²) in [5, 5.41) is 0.644. The molecule has 0 spiro atoms. The first-order chi connectivity index (χ1) is 16.9. The molecule has 0 saturated carbocycles. The number of benzene rings is 2.